The average molecular weight is 449 g/mol. The van der Waals surface area contributed by atoms with Crippen molar-refractivity contribution in [2.24, 2.45) is 0 Å². The van der Waals surface area contributed by atoms with Crippen LogP contribution in [0.3, 0.4) is 0 Å². The van der Waals surface area contributed by atoms with E-state index in [0.717, 1.165) is 24.1 Å². The predicted octanol–water partition coefficient (Wildman–Crippen LogP) is 4.24. The van der Waals surface area contributed by atoms with E-state index in [9.17, 15) is 13.2 Å². The number of rotatable bonds is 7. The molecule has 1 N–H and O–H groups in total. The van der Waals surface area contributed by atoms with Gasteiger partial charge in [-0.1, -0.05) is 66.7 Å². The van der Waals surface area contributed by atoms with Crippen molar-refractivity contribution in [3.8, 4) is 0 Å². The van der Waals surface area contributed by atoms with Crippen LogP contribution in [0.2, 0.25) is 0 Å². The zero-order valence-corrected chi connectivity index (χ0v) is 19.0. The van der Waals surface area contributed by atoms with E-state index in [1.54, 1.807) is 24.3 Å². The molecule has 166 valence electrons. The zero-order chi connectivity index (χ0) is 22.6. The molecule has 1 aliphatic heterocycles. The van der Waals surface area contributed by atoms with Gasteiger partial charge in [0.15, 0.2) is 0 Å². The van der Waals surface area contributed by atoms with Crippen LogP contribution in [-0.2, 0) is 34.2 Å². The number of nitrogens with one attached hydrogen (secondary N) is 1. The maximum absolute atomic E-state index is 12.7. The van der Waals surface area contributed by atoms with Gasteiger partial charge in [0.1, 0.15) is 0 Å². The van der Waals surface area contributed by atoms with E-state index in [1.807, 2.05) is 54.3 Å². The molecule has 0 fully saturated rings. The summed E-state index contributed by atoms with van der Waals surface area (Å²) in [4.78, 5) is 14.8. The number of hydrogen-bond acceptors (Lipinski definition) is 3. The van der Waals surface area contributed by atoms with E-state index in [-0.39, 0.29) is 16.8 Å². The summed E-state index contributed by atoms with van der Waals surface area (Å²) in [5.74, 6) is 0.134. The highest BCUT2D eigenvalue weighted by Gasteiger charge is 2.21. The molecular weight excluding hydrogens is 420 g/mol. The lowest BCUT2D eigenvalue weighted by Crippen LogP contribution is -2.36. The Morgan fingerprint density at radius 1 is 0.938 bits per heavy atom. The summed E-state index contributed by atoms with van der Waals surface area (Å²) in [5.41, 5.74) is 4.40. The Labute approximate surface area is 190 Å². The Bertz CT molecular complexity index is 1180. The van der Waals surface area contributed by atoms with Crippen molar-refractivity contribution in [1.82, 2.24) is 9.62 Å². The minimum Gasteiger partial charge on any atom is -0.338 e. The molecule has 6 heteroatoms. The number of hydrogen-bond donors (Lipinski definition) is 1. The lowest BCUT2D eigenvalue weighted by atomic mass is 9.99. The molecule has 0 saturated carbocycles. The van der Waals surface area contributed by atoms with Crippen LogP contribution in [0, 0.1) is 0 Å². The molecule has 0 aromatic heterocycles. The topological polar surface area (TPSA) is 66.5 Å². The van der Waals surface area contributed by atoms with Gasteiger partial charge in [-0.3, -0.25) is 4.79 Å². The van der Waals surface area contributed by atoms with E-state index in [0.29, 0.717) is 19.4 Å². The van der Waals surface area contributed by atoms with Crippen LogP contribution in [0.4, 0.5) is 0 Å². The Morgan fingerprint density at radius 2 is 1.59 bits per heavy atom. The number of fused-ring (bicyclic) bond motifs is 1. The summed E-state index contributed by atoms with van der Waals surface area (Å²) in [6, 6.07) is 24.2. The molecule has 0 radical (unpaired) electrons. The van der Waals surface area contributed by atoms with E-state index < -0.39 is 10.0 Å². The molecule has 0 unspecified atom stereocenters. The molecule has 0 bridgehead atoms. The molecule has 0 aliphatic carbocycles. The van der Waals surface area contributed by atoms with Gasteiger partial charge in [-0.15, -0.1) is 0 Å². The van der Waals surface area contributed by atoms with Crippen LogP contribution in [-0.4, -0.2) is 25.8 Å². The van der Waals surface area contributed by atoms with Gasteiger partial charge < -0.3 is 4.90 Å². The molecule has 3 aromatic rings. The molecule has 1 aliphatic rings. The Hall–Kier alpha value is -2.96. The Kier molecular flexibility index (Phi) is 6.72. The largest absolute Gasteiger partial charge is 0.338 e. The number of aryl methyl sites for hydroxylation is 1. The molecule has 0 spiro atoms. The smallest absolute Gasteiger partial charge is 0.241 e. The minimum absolute atomic E-state index is 0.134. The fraction of sp³-hybridized carbons (Fsp3) is 0.269. The highest BCUT2D eigenvalue weighted by Crippen LogP contribution is 2.20. The Balaban J connectivity index is 1.33. The molecule has 32 heavy (non-hydrogen) atoms. The monoisotopic (exact) mass is 448 g/mol. The van der Waals surface area contributed by atoms with E-state index in [4.69, 9.17) is 0 Å². The maximum atomic E-state index is 12.7. The molecule has 1 heterocycles. The average Bonchev–Trinajstić information content (AvgIpc) is 2.82. The van der Waals surface area contributed by atoms with Crippen molar-refractivity contribution in [1.29, 1.82) is 0 Å². The maximum Gasteiger partial charge on any atom is 0.241 e. The normalized spacial score (nSPS) is 14.6. The minimum atomic E-state index is -3.63. The molecule has 0 saturated heterocycles. The fourth-order valence-electron chi connectivity index (χ4n) is 4.06. The highest BCUT2D eigenvalue weighted by atomic mass is 32.2. The van der Waals surface area contributed by atoms with Gasteiger partial charge in [0.25, 0.3) is 0 Å². The van der Waals surface area contributed by atoms with Crippen molar-refractivity contribution >= 4 is 15.9 Å². The van der Waals surface area contributed by atoms with E-state index >= 15 is 0 Å². The van der Waals surface area contributed by atoms with Gasteiger partial charge in [-0.05, 0) is 54.2 Å². The highest BCUT2D eigenvalue weighted by molar-refractivity contribution is 7.89. The van der Waals surface area contributed by atoms with Crippen molar-refractivity contribution in [3.05, 3.63) is 101 Å². The van der Waals surface area contributed by atoms with Gasteiger partial charge in [0, 0.05) is 25.6 Å². The standard InChI is InChI=1S/C26H28N2O3S/c1-20(22-7-3-2-4-8-22)27-32(30,31)25-14-11-21(12-15-25)13-16-26(29)28-18-17-23-9-5-6-10-24(23)19-28/h2-12,14-15,20,27H,13,16-19H2,1H3/t20-/m1/s1. The van der Waals surface area contributed by atoms with E-state index in [2.05, 4.69) is 16.9 Å². The van der Waals surface area contributed by atoms with Crippen LogP contribution in [0.15, 0.2) is 83.8 Å². The Morgan fingerprint density at radius 3 is 2.31 bits per heavy atom. The summed E-state index contributed by atoms with van der Waals surface area (Å²) >= 11 is 0. The van der Waals surface area contributed by atoms with Crippen LogP contribution < -0.4 is 4.72 Å². The van der Waals surface area contributed by atoms with E-state index in [1.165, 1.54) is 11.1 Å². The quantitative estimate of drug-likeness (QED) is 0.588. The van der Waals surface area contributed by atoms with Crippen molar-refractivity contribution in [2.75, 3.05) is 6.54 Å². The molecule has 1 amide bonds. The van der Waals surface area contributed by atoms with Crippen LogP contribution in [0.25, 0.3) is 0 Å². The number of carbonyl (C=O) groups excluding carboxylic acids is 1. The summed E-state index contributed by atoms with van der Waals surface area (Å²) in [5, 5.41) is 0. The van der Waals surface area contributed by atoms with Gasteiger partial charge in [0.2, 0.25) is 15.9 Å². The third kappa shape index (κ3) is 5.26. The number of amides is 1. The van der Waals surface area contributed by atoms with Crippen molar-refractivity contribution in [3.63, 3.8) is 0 Å². The number of nitrogens with zero attached hydrogens (tertiary/aromatic N) is 1. The first kappa shape index (κ1) is 22.2. The van der Waals surface area contributed by atoms with Crippen molar-refractivity contribution < 1.29 is 13.2 Å². The number of sulfonamides is 1. The molecular formula is C26H28N2O3S. The first-order valence-electron chi connectivity index (χ1n) is 10.9. The zero-order valence-electron chi connectivity index (χ0n) is 18.2. The van der Waals surface area contributed by atoms with Crippen molar-refractivity contribution in [2.45, 2.75) is 43.7 Å². The molecule has 1 atom stereocenters. The summed E-state index contributed by atoms with van der Waals surface area (Å²) in [7, 11) is -3.63. The van der Waals surface area contributed by atoms with Gasteiger partial charge in [0.05, 0.1) is 4.90 Å². The van der Waals surface area contributed by atoms with Gasteiger partial charge in [-0.2, -0.15) is 0 Å². The summed E-state index contributed by atoms with van der Waals surface area (Å²) in [6.45, 7) is 3.24. The number of carbonyl (C=O) groups is 1. The second-order valence-electron chi connectivity index (χ2n) is 8.23. The SMILES string of the molecule is C[C@@H](NS(=O)(=O)c1ccc(CCC(=O)N2CCc3ccccc3C2)cc1)c1ccccc1. The molecule has 3 aromatic carbocycles. The predicted molar refractivity (Wildman–Crippen MR) is 126 cm³/mol. The molecule has 5 nitrogen and oxygen atoms in total. The third-order valence-electron chi connectivity index (χ3n) is 5.98. The first-order chi connectivity index (χ1) is 15.4. The fourth-order valence-corrected chi connectivity index (χ4v) is 5.30. The summed E-state index contributed by atoms with van der Waals surface area (Å²) in [6.07, 6.45) is 1.89. The van der Waals surface area contributed by atoms with Crippen LogP contribution >= 0.6 is 0 Å². The second kappa shape index (κ2) is 9.67. The third-order valence-corrected chi connectivity index (χ3v) is 7.53. The van der Waals surface area contributed by atoms with Crippen LogP contribution in [0.1, 0.15) is 41.6 Å². The summed E-state index contributed by atoms with van der Waals surface area (Å²) < 4.78 is 28.2. The van der Waals surface area contributed by atoms with Gasteiger partial charge >= 0.3 is 0 Å². The van der Waals surface area contributed by atoms with Gasteiger partial charge in [-0.25, -0.2) is 13.1 Å². The lowest BCUT2D eigenvalue weighted by molar-refractivity contribution is -0.132. The first-order valence-corrected chi connectivity index (χ1v) is 12.4. The lowest BCUT2D eigenvalue weighted by Gasteiger charge is -2.29. The molecule has 4 rings (SSSR count). The number of benzene rings is 3. The second-order valence-corrected chi connectivity index (χ2v) is 9.95. The van der Waals surface area contributed by atoms with Crippen LogP contribution in [0.5, 0.6) is 0 Å².